The van der Waals surface area contributed by atoms with E-state index in [4.69, 9.17) is 0 Å². The van der Waals surface area contributed by atoms with Crippen LogP contribution in [0.5, 0.6) is 0 Å². The zero-order chi connectivity index (χ0) is 22.0. The number of hydrogen-bond donors (Lipinski definition) is 0. The quantitative estimate of drug-likeness (QED) is 0.631. The fourth-order valence-electron chi connectivity index (χ4n) is 4.86. The molecule has 1 aromatic heterocycles. The van der Waals surface area contributed by atoms with E-state index in [1.807, 2.05) is 23.1 Å². The zero-order valence-corrected chi connectivity index (χ0v) is 20.0. The smallest absolute Gasteiger partial charge is 0.230 e. The van der Waals surface area contributed by atoms with Gasteiger partial charge in [0.25, 0.3) is 0 Å². The van der Waals surface area contributed by atoms with Crippen molar-refractivity contribution in [2.45, 2.75) is 51.5 Å². The maximum atomic E-state index is 13.7. The summed E-state index contributed by atoms with van der Waals surface area (Å²) in [6, 6.07) is 12.4. The lowest BCUT2D eigenvalue weighted by Gasteiger charge is -2.39. The summed E-state index contributed by atoms with van der Waals surface area (Å²) in [5.41, 5.74) is 2.12. The van der Waals surface area contributed by atoms with Crippen LogP contribution < -0.4 is 4.90 Å². The molecule has 0 unspecified atom stereocenters. The largest absolute Gasteiger partial charge is 0.308 e. The van der Waals surface area contributed by atoms with E-state index in [2.05, 4.69) is 30.5 Å². The molecule has 0 spiro atoms. The van der Waals surface area contributed by atoms with Crippen molar-refractivity contribution in [2.24, 2.45) is 11.8 Å². The molecule has 7 heteroatoms. The fourth-order valence-corrected chi connectivity index (χ4v) is 6.62. The highest BCUT2D eigenvalue weighted by Gasteiger charge is 2.36. The second kappa shape index (κ2) is 9.43. The van der Waals surface area contributed by atoms with Crippen molar-refractivity contribution < 1.29 is 13.2 Å². The topological polar surface area (TPSA) is 57.7 Å². The van der Waals surface area contributed by atoms with Gasteiger partial charge in [-0.15, -0.1) is 11.3 Å². The summed E-state index contributed by atoms with van der Waals surface area (Å²) in [5, 5.41) is 2.09. The van der Waals surface area contributed by atoms with Crippen molar-refractivity contribution in [1.29, 1.82) is 0 Å². The van der Waals surface area contributed by atoms with Crippen LogP contribution >= 0.6 is 11.3 Å². The van der Waals surface area contributed by atoms with E-state index in [9.17, 15) is 13.2 Å². The van der Waals surface area contributed by atoms with Crippen molar-refractivity contribution in [2.75, 3.05) is 24.2 Å². The van der Waals surface area contributed by atoms with Crippen LogP contribution in [0.1, 0.15) is 45.4 Å². The van der Waals surface area contributed by atoms with E-state index in [-0.39, 0.29) is 17.9 Å². The van der Waals surface area contributed by atoms with Crippen LogP contribution in [0.25, 0.3) is 10.4 Å². The van der Waals surface area contributed by atoms with Gasteiger partial charge >= 0.3 is 0 Å². The van der Waals surface area contributed by atoms with Gasteiger partial charge in [0, 0.05) is 35.3 Å². The highest BCUT2D eigenvalue weighted by molar-refractivity contribution is 7.88. The van der Waals surface area contributed by atoms with Crippen molar-refractivity contribution >= 4 is 33.0 Å². The number of anilines is 1. The monoisotopic (exact) mass is 460 g/mol. The van der Waals surface area contributed by atoms with Gasteiger partial charge in [0.1, 0.15) is 0 Å². The van der Waals surface area contributed by atoms with Crippen molar-refractivity contribution in [3.05, 3.63) is 41.8 Å². The van der Waals surface area contributed by atoms with Gasteiger partial charge in [0.2, 0.25) is 15.9 Å². The highest BCUT2D eigenvalue weighted by atomic mass is 32.2. The van der Waals surface area contributed by atoms with Gasteiger partial charge in [0.15, 0.2) is 0 Å². The molecule has 0 N–H and O–H groups in total. The molecule has 2 aromatic rings. The van der Waals surface area contributed by atoms with E-state index in [0.29, 0.717) is 31.8 Å². The van der Waals surface area contributed by atoms with Crippen molar-refractivity contribution in [3.63, 3.8) is 0 Å². The van der Waals surface area contributed by atoms with E-state index in [0.717, 1.165) is 41.8 Å². The standard InChI is InChI=1S/C24H32N2O3S2/c1-18-8-10-20(11-9-18)24(27)26(21-12-14-25(15-13-21)31(2,28)29)22-16-23(30-17-22)19-6-4-3-5-7-19/h3-7,16-18,20-21H,8-15H2,1-2H3. The van der Waals surface area contributed by atoms with Crippen LogP contribution in [-0.2, 0) is 14.8 Å². The number of sulfonamides is 1. The number of thiophene rings is 1. The number of benzene rings is 1. The molecule has 1 saturated carbocycles. The maximum absolute atomic E-state index is 13.7. The first-order chi connectivity index (χ1) is 14.8. The Balaban J connectivity index is 1.59. The SMILES string of the molecule is CC1CCC(C(=O)N(c2csc(-c3ccccc3)c2)C2CCN(S(C)(=O)=O)CC2)CC1. The first-order valence-electron chi connectivity index (χ1n) is 11.2. The minimum Gasteiger partial charge on any atom is -0.308 e. The third-order valence-corrected chi connectivity index (χ3v) is 9.05. The number of piperidine rings is 1. The molecule has 1 aliphatic carbocycles. The van der Waals surface area contributed by atoms with Gasteiger partial charge in [-0.3, -0.25) is 4.79 Å². The third-order valence-electron chi connectivity index (χ3n) is 6.78. The van der Waals surface area contributed by atoms with Crippen LogP contribution in [0.15, 0.2) is 41.8 Å². The van der Waals surface area contributed by atoms with E-state index >= 15 is 0 Å². The summed E-state index contributed by atoms with van der Waals surface area (Å²) in [7, 11) is -3.19. The summed E-state index contributed by atoms with van der Waals surface area (Å²) in [4.78, 5) is 16.9. The normalized spacial score (nSPS) is 23.5. The third kappa shape index (κ3) is 5.21. The number of carbonyl (C=O) groups excluding carboxylic acids is 1. The Kier molecular flexibility index (Phi) is 6.84. The molecule has 1 amide bonds. The molecule has 0 atom stereocenters. The average molecular weight is 461 g/mol. The molecule has 168 valence electrons. The Morgan fingerprint density at radius 2 is 1.68 bits per heavy atom. The molecular formula is C24H32N2O3S2. The number of nitrogens with zero attached hydrogens (tertiary/aromatic N) is 2. The number of rotatable bonds is 5. The lowest BCUT2D eigenvalue weighted by Crippen LogP contribution is -2.50. The summed E-state index contributed by atoms with van der Waals surface area (Å²) < 4.78 is 25.4. The summed E-state index contributed by atoms with van der Waals surface area (Å²) in [6.45, 7) is 3.22. The van der Waals surface area contributed by atoms with Gasteiger partial charge in [0.05, 0.1) is 11.9 Å². The van der Waals surface area contributed by atoms with Gasteiger partial charge in [-0.2, -0.15) is 0 Å². The summed E-state index contributed by atoms with van der Waals surface area (Å²) in [6.07, 6.45) is 6.75. The summed E-state index contributed by atoms with van der Waals surface area (Å²) in [5.74, 6) is 0.993. The number of carbonyl (C=O) groups is 1. The Hall–Kier alpha value is -1.70. The fraction of sp³-hybridized carbons (Fsp3) is 0.542. The average Bonchev–Trinajstić information content (AvgIpc) is 3.24. The molecule has 1 saturated heterocycles. The molecule has 2 fully saturated rings. The van der Waals surface area contributed by atoms with Crippen LogP contribution in [0.3, 0.4) is 0 Å². The zero-order valence-electron chi connectivity index (χ0n) is 18.4. The Morgan fingerprint density at radius 1 is 1.03 bits per heavy atom. The van der Waals surface area contributed by atoms with Crippen molar-refractivity contribution in [3.8, 4) is 10.4 Å². The van der Waals surface area contributed by atoms with Crippen LogP contribution in [0.2, 0.25) is 0 Å². The summed E-state index contributed by atoms with van der Waals surface area (Å²) >= 11 is 1.66. The molecular weight excluding hydrogens is 428 g/mol. The molecule has 1 aromatic carbocycles. The second-order valence-corrected chi connectivity index (χ2v) is 12.0. The van der Waals surface area contributed by atoms with E-state index < -0.39 is 10.0 Å². The van der Waals surface area contributed by atoms with E-state index in [1.165, 1.54) is 10.6 Å². The predicted molar refractivity (Wildman–Crippen MR) is 128 cm³/mol. The van der Waals surface area contributed by atoms with Gasteiger partial charge in [-0.1, -0.05) is 37.3 Å². The van der Waals surface area contributed by atoms with Crippen LogP contribution in [0.4, 0.5) is 5.69 Å². The molecule has 0 radical (unpaired) electrons. The Morgan fingerprint density at radius 3 is 2.29 bits per heavy atom. The lowest BCUT2D eigenvalue weighted by molar-refractivity contribution is -0.124. The first kappa shape index (κ1) is 22.5. The van der Waals surface area contributed by atoms with Gasteiger partial charge in [-0.05, 0) is 56.1 Å². The maximum Gasteiger partial charge on any atom is 0.230 e. The first-order valence-corrected chi connectivity index (χ1v) is 14.0. The van der Waals surface area contributed by atoms with Gasteiger partial charge in [-0.25, -0.2) is 12.7 Å². The molecule has 2 heterocycles. The van der Waals surface area contributed by atoms with Gasteiger partial charge < -0.3 is 4.90 Å². The minimum absolute atomic E-state index is 0.0445. The van der Waals surface area contributed by atoms with Crippen LogP contribution in [0, 0.1) is 11.8 Å². The highest BCUT2D eigenvalue weighted by Crippen LogP contribution is 2.37. The molecule has 1 aliphatic heterocycles. The van der Waals surface area contributed by atoms with Crippen molar-refractivity contribution in [1.82, 2.24) is 4.31 Å². The molecule has 31 heavy (non-hydrogen) atoms. The second-order valence-electron chi connectivity index (χ2n) is 9.09. The molecule has 2 aliphatic rings. The Bertz CT molecular complexity index is 987. The predicted octanol–water partition coefficient (Wildman–Crippen LogP) is 5.00. The minimum atomic E-state index is -3.19. The molecule has 0 bridgehead atoms. The molecule has 5 nitrogen and oxygen atoms in total. The lowest BCUT2D eigenvalue weighted by atomic mass is 9.82. The number of hydrogen-bond acceptors (Lipinski definition) is 4. The molecule has 4 rings (SSSR count). The van der Waals surface area contributed by atoms with E-state index in [1.54, 1.807) is 11.3 Å². The Labute approximate surface area is 190 Å². The van der Waals surface area contributed by atoms with Crippen LogP contribution in [-0.4, -0.2) is 44.0 Å². The number of amides is 1.